The molecule has 158 valence electrons. The average Bonchev–Trinajstić information content (AvgIpc) is 2.61. The Kier molecular flexibility index (Phi) is 7.10. The Morgan fingerprint density at radius 2 is 1.41 bits per heavy atom. The van der Waals surface area contributed by atoms with Gasteiger partial charge >= 0.3 is 17.7 Å². The maximum absolute atomic E-state index is 13.4. The van der Waals surface area contributed by atoms with Crippen LogP contribution in [0.3, 0.4) is 0 Å². The molecule has 0 atom stereocenters. The number of carbonyl (C=O) groups excluding carboxylic acids is 1. The normalized spacial score (nSPS) is 12.0. The molecule has 0 aliphatic rings. The number of halogens is 6. The van der Waals surface area contributed by atoms with Gasteiger partial charge in [0.25, 0.3) is 0 Å². The highest BCUT2D eigenvalue weighted by Crippen LogP contribution is 2.49. The van der Waals surface area contributed by atoms with Gasteiger partial charge in [0.2, 0.25) is 0 Å². The standard InChI is InChI=1S/C19H16F6O3S/c1-3-4-11-5-7-12(8-6-11)29-17(26)28-14-10-9-13(27-2)15(18(20,21)22)16(14)19(23,24)25/h5-10H,3-4H2,1-2H3. The molecule has 0 bridgehead atoms. The molecule has 0 aromatic heterocycles. The van der Waals surface area contributed by atoms with E-state index in [4.69, 9.17) is 0 Å². The average molecular weight is 438 g/mol. The van der Waals surface area contributed by atoms with Crippen molar-refractivity contribution in [2.24, 2.45) is 0 Å². The molecular formula is C19H16F6O3S. The highest BCUT2D eigenvalue weighted by atomic mass is 32.2. The van der Waals surface area contributed by atoms with Gasteiger partial charge in [-0.05, 0) is 48.0 Å². The van der Waals surface area contributed by atoms with Gasteiger partial charge in [-0.3, -0.25) is 0 Å². The van der Waals surface area contributed by atoms with Gasteiger partial charge in [-0.1, -0.05) is 25.5 Å². The Hall–Kier alpha value is -2.36. The van der Waals surface area contributed by atoms with Crippen LogP contribution < -0.4 is 9.47 Å². The summed E-state index contributed by atoms with van der Waals surface area (Å²) >= 11 is 0.467. The molecule has 2 aromatic carbocycles. The lowest BCUT2D eigenvalue weighted by Crippen LogP contribution is -2.20. The van der Waals surface area contributed by atoms with Crippen LogP contribution in [-0.2, 0) is 18.8 Å². The van der Waals surface area contributed by atoms with Crippen molar-refractivity contribution in [1.82, 2.24) is 0 Å². The van der Waals surface area contributed by atoms with E-state index in [2.05, 4.69) is 9.47 Å². The first-order chi connectivity index (χ1) is 13.5. The molecular weight excluding hydrogens is 422 g/mol. The zero-order valence-corrected chi connectivity index (χ0v) is 16.1. The summed E-state index contributed by atoms with van der Waals surface area (Å²) in [6, 6.07) is 7.95. The third kappa shape index (κ3) is 5.81. The summed E-state index contributed by atoms with van der Waals surface area (Å²) < 4.78 is 89.1. The Morgan fingerprint density at radius 3 is 1.90 bits per heavy atom. The number of hydrogen-bond donors (Lipinski definition) is 0. The molecule has 0 aliphatic heterocycles. The lowest BCUT2D eigenvalue weighted by molar-refractivity contribution is -0.163. The van der Waals surface area contributed by atoms with Gasteiger partial charge in [-0.2, -0.15) is 26.3 Å². The number of benzene rings is 2. The molecule has 10 heteroatoms. The fourth-order valence-electron chi connectivity index (χ4n) is 2.60. The lowest BCUT2D eigenvalue weighted by Gasteiger charge is -2.20. The van der Waals surface area contributed by atoms with Crippen LogP contribution in [0.5, 0.6) is 11.5 Å². The van der Waals surface area contributed by atoms with Gasteiger partial charge in [0.1, 0.15) is 22.6 Å². The Bertz CT molecular complexity index is 860. The molecule has 0 unspecified atom stereocenters. The third-order valence-electron chi connectivity index (χ3n) is 3.77. The van der Waals surface area contributed by atoms with Crippen molar-refractivity contribution in [1.29, 1.82) is 0 Å². The Balaban J connectivity index is 2.35. The molecule has 29 heavy (non-hydrogen) atoms. The van der Waals surface area contributed by atoms with Gasteiger partial charge in [-0.15, -0.1) is 0 Å². The second-order valence-corrected chi connectivity index (χ2v) is 6.87. The van der Waals surface area contributed by atoms with Gasteiger partial charge in [0.05, 0.1) is 7.11 Å². The summed E-state index contributed by atoms with van der Waals surface area (Å²) in [5, 5.41) is -1.20. The molecule has 0 amide bonds. The van der Waals surface area contributed by atoms with Crippen LogP contribution in [0.2, 0.25) is 0 Å². The number of thioether (sulfide) groups is 1. The first-order valence-electron chi connectivity index (χ1n) is 8.31. The van der Waals surface area contributed by atoms with Crippen LogP contribution in [0, 0.1) is 0 Å². The van der Waals surface area contributed by atoms with Gasteiger partial charge < -0.3 is 9.47 Å². The molecule has 0 fully saturated rings. The predicted octanol–water partition coefficient (Wildman–Crippen LogP) is 6.98. The van der Waals surface area contributed by atoms with Crippen molar-refractivity contribution in [3.05, 3.63) is 53.1 Å². The summed E-state index contributed by atoms with van der Waals surface area (Å²) in [5.41, 5.74) is -3.15. The number of aryl methyl sites for hydroxylation is 1. The second-order valence-electron chi connectivity index (χ2n) is 5.86. The molecule has 0 spiro atoms. The van der Waals surface area contributed by atoms with Gasteiger partial charge in [-0.25, -0.2) is 4.79 Å². The van der Waals surface area contributed by atoms with E-state index in [1.54, 1.807) is 24.3 Å². The Morgan fingerprint density at radius 1 is 0.897 bits per heavy atom. The van der Waals surface area contributed by atoms with Crippen molar-refractivity contribution < 1.29 is 40.6 Å². The number of alkyl halides is 6. The van der Waals surface area contributed by atoms with Crippen LogP contribution in [0.1, 0.15) is 30.0 Å². The van der Waals surface area contributed by atoms with E-state index in [1.807, 2.05) is 6.92 Å². The second kappa shape index (κ2) is 8.98. The highest BCUT2D eigenvalue weighted by Gasteiger charge is 2.48. The largest absolute Gasteiger partial charge is 0.496 e. The molecule has 2 rings (SSSR count). The van der Waals surface area contributed by atoms with Crippen LogP contribution in [0.25, 0.3) is 0 Å². The zero-order chi connectivity index (χ0) is 21.8. The number of hydrogen-bond acceptors (Lipinski definition) is 4. The summed E-state index contributed by atoms with van der Waals surface area (Å²) in [7, 11) is 0.814. The SMILES string of the molecule is CCCc1ccc(SC(=O)Oc2ccc(OC)c(C(F)(F)F)c2C(F)(F)F)cc1. The zero-order valence-electron chi connectivity index (χ0n) is 15.3. The van der Waals surface area contributed by atoms with Crippen LogP contribution in [0.15, 0.2) is 41.3 Å². The van der Waals surface area contributed by atoms with Gasteiger partial charge in [0, 0.05) is 4.90 Å². The minimum Gasteiger partial charge on any atom is -0.496 e. The first kappa shape index (κ1) is 22.9. The van der Waals surface area contributed by atoms with E-state index in [0.717, 1.165) is 25.5 Å². The molecule has 0 saturated carbocycles. The molecule has 2 aromatic rings. The predicted molar refractivity (Wildman–Crippen MR) is 95.3 cm³/mol. The van der Waals surface area contributed by atoms with E-state index in [9.17, 15) is 31.1 Å². The van der Waals surface area contributed by atoms with Crippen LogP contribution in [0.4, 0.5) is 31.1 Å². The van der Waals surface area contributed by atoms with Crippen molar-refractivity contribution in [3.8, 4) is 11.5 Å². The first-order valence-corrected chi connectivity index (χ1v) is 9.13. The lowest BCUT2D eigenvalue weighted by atomic mass is 10.0. The van der Waals surface area contributed by atoms with E-state index < -0.39 is 40.3 Å². The summed E-state index contributed by atoms with van der Waals surface area (Å²) in [6.07, 6.45) is -9.08. The smallest absolute Gasteiger partial charge is 0.420 e. The van der Waals surface area contributed by atoms with Crippen LogP contribution >= 0.6 is 11.8 Å². The quantitative estimate of drug-likeness (QED) is 0.287. The van der Waals surface area contributed by atoms with Crippen molar-refractivity contribution in [2.75, 3.05) is 7.11 Å². The Labute approximate surface area is 167 Å². The molecule has 0 saturated heterocycles. The monoisotopic (exact) mass is 438 g/mol. The minimum atomic E-state index is -5.43. The van der Waals surface area contributed by atoms with E-state index >= 15 is 0 Å². The molecule has 0 N–H and O–H groups in total. The fourth-order valence-corrected chi connectivity index (χ4v) is 3.20. The van der Waals surface area contributed by atoms with Gasteiger partial charge in [0.15, 0.2) is 0 Å². The number of rotatable bonds is 5. The number of ether oxygens (including phenoxy) is 2. The molecule has 3 nitrogen and oxygen atoms in total. The third-order valence-corrected chi connectivity index (χ3v) is 4.53. The molecule has 0 aliphatic carbocycles. The number of methoxy groups -OCH3 is 1. The summed E-state index contributed by atoms with van der Waals surface area (Å²) in [4.78, 5) is 12.4. The van der Waals surface area contributed by atoms with E-state index in [1.165, 1.54) is 0 Å². The maximum atomic E-state index is 13.4. The summed E-state index contributed by atoms with van der Waals surface area (Å²) in [6.45, 7) is 1.99. The van der Waals surface area contributed by atoms with Crippen molar-refractivity contribution >= 4 is 17.1 Å². The van der Waals surface area contributed by atoms with E-state index in [0.29, 0.717) is 28.8 Å². The number of carbonyl (C=O) groups is 1. The topological polar surface area (TPSA) is 35.5 Å². The fraction of sp³-hybridized carbons (Fsp3) is 0.316. The molecule has 0 heterocycles. The van der Waals surface area contributed by atoms with Crippen LogP contribution in [-0.4, -0.2) is 12.4 Å². The summed E-state index contributed by atoms with van der Waals surface area (Å²) in [5.74, 6) is -2.27. The van der Waals surface area contributed by atoms with Crippen molar-refractivity contribution in [2.45, 2.75) is 37.0 Å². The maximum Gasteiger partial charge on any atom is 0.420 e. The van der Waals surface area contributed by atoms with Crippen molar-refractivity contribution in [3.63, 3.8) is 0 Å². The highest BCUT2D eigenvalue weighted by molar-refractivity contribution is 8.13. The minimum absolute atomic E-state index is 0.382. The molecule has 0 radical (unpaired) electrons. The van der Waals surface area contributed by atoms with E-state index in [-0.39, 0.29) is 0 Å².